The van der Waals surface area contributed by atoms with Crippen molar-refractivity contribution in [3.8, 4) is 5.69 Å². The average Bonchev–Trinajstić information content (AvgIpc) is 2.79. The van der Waals surface area contributed by atoms with Crippen LogP contribution in [0.4, 0.5) is 15.0 Å². The maximum Gasteiger partial charge on any atom is 0.407 e. The van der Waals surface area contributed by atoms with Crippen molar-refractivity contribution in [2.45, 2.75) is 39.7 Å². The van der Waals surface area contributed by atoms with Crippen LogP contribution < -0.4 is 10.6 Å². The van der Waals surface area contributed by atoms with Gasteiger partial charge < -0.3 is 14.9 Å². The monoisotopic (exact) mass is 502 g/mol. The summed E-state index contributed by atoms with van der Waals surface area (Å²) in [5, 5.41) is 9.10. The number of rotatable bonds is 4. The van der Waals surface area contributed by atoms with Crippen molar-refractivity contribution in [1.82, 2.24) is 24.4 Å². The largest absolute Gasteiger partial charge is 0.465 e. The normalized spacial score (nSPS) is 16.3. The second-order valence-corrected chi connectivity index (χ2v) is 9.12. The number of halogens is 2. The fourth-order valence-electron chi connectivity index (χ4n) is 4.36. The highest BCUT2D eigenvalue weighted by molar-refractivity contribution is 6.30. The maximum absolute atomic E-state index is 14.6. The Morgan fingerprint density at radius 1 is 1.26 bits per heavy atom. The minimum absolute atomic E-state index is 0.0247. The number of amides is 1. The van der Waals surface area contributed by atoms with E-state index in [4.69, 9.17) is 11.6 Å². The number of pyridine rings is 2. The smallest absolute Gasteiger partial charge is 0.407 e. The molecule has 4 rings (SSSR count). The molecule has 1 amide bonds. The molecule has 0 bridgehead atoms. The minimum atomic E-state index is -1.04. The average molecular weight is 503 g/mol. The van der Waals surface area contributed by atoms with Crippen LogP contribution in [0, 0.1) is 5.82 Å². The predicted molar refractivity (Wildman–Crippen MR) is 128 cm³/mol. The Bertz CT molecular complexity index is 1410. The van der Waals surface area contributed by atoms with E-state index >= 15 is 0 Å². The fourth-order valence-corrected chi connectivity index (χ4v) is 4.50. The van der Waals surface area contributed by atoms with Crippen molar-refractivity contribution < 1.29 is 19.1 Å². The van der Waals surface area contributed by atoms with Crippen LogP contribution in [0.5, 0.6) is 0 Å². The molecule has 1 atom stereocenters. The Labute approximate surface area is 205 Å². The van der Waals surface area contributed by atoms with Gasteiger partial charge in [-0.2, -0.15) is 4.98 Å². The highest BCUT2D eigenvalue weighted by Crippen LogP contribution is 2.32. The van der Waals surface area contributed by atoms with Crippen molar-refractivity contribution in [2.24, 2.45) is 0 Å². The lowest BCUT2D eigenvalue weighted by Gasteiger charge is -2.39. The Balaban J connectivity index is 2.04. The molecule has 1 aliphatic heterocycles. The van der Waals surface area contributed by atoms with E-state index in [1.54, 1.807) is 11.8 Å². The van der Waals surface area contributed by atoms with Gasteiger partial charge in [-0.15, -0.1) is 0 Å². The molecule has 3 aromatic rings. The first-order valence-electron chi connectivity index (χ1n) is 11.0. The molecule has 1 aliphatic rings. The summed E-state index contributed by atoms with van der Waals surface area (Å²) in [6, 6.07) is 2.31. The van der Waals surface area contributed by atoms with E-state index in [2.05, 4.69) is 15.0 Å². The van der Waals surface area contributed by atoms with Gasteiger partial charge in [-0.1, -0.05) is 25.4 Å². The number of hydrogen-bond acceptors (Lipinski definition) is 7. The molecule has 10 nitrogen and oxygen atoms in total. The highest BCUT2D eigenvalue weighted by atomic mass is 35.5. The number of carbonyl (C=O) groups is 2. The van der Waals surface area contributed by atoms with E-state index < -0.39 is 22.8 Å². The molecular weight excluding hydrogens is 479 g/mol. The first kappa shape index (κ1) is 24.5. The van der Waals surface area contributed by atoms with E-state index in [-0.39, 0.29) is 65.5 Å². The number of carboxylic acid groups (broad SMARTS) is 1. The van der Waals surface area contributed by atoms with E-state index in [1.807, 2.05) is 13.8 Å². The number of ketones is 1. The number of hydrogen-bond donors (Lipinski definition) is 1. The molecule has 1 unspecified atom stereocenters. The van der Waals surface area contributed by atoms with Crippen molar-refractivity contribution in [2.75, 3.05) is 24.5 Å². The van der Waals surface area contributed by atoms with Gasteiger partial charge in [-0.05, 0) is 31.9 Å². The second-order valence-electron chi connectivity index (χ2n) is 8.76. The SMILES string of the molecule is CC(=O)c1ccnc(C(C)C)c1-n1c(=O)nc(N2CCN(C(=O)O)CC2C)c2cc(F)c(Cl)nc21. The standard InChI is InChI=1S/C23H24ClFN6O4/c1-11(2)17-18(14(13(4)32)5-6-26-17)31-21-15(9-16(25)19(24)27-21)20(28-22(31)33)30-8-7-29(23(34)35)10-12(30)3/h5-6,9,11-12H,7-8,10H2,1-4H3,(H,34,35). The van der Waals surface area contributed by atoms with Gasteiger partial charge in [-0.25, -0.2) is 23.5 Å². The summed E-state index contributed by atoms with van der Waals surface area (Å²) in [7, 11) is 0. The Morgan fingerprint density at radius 3 is 2.57 bits per heavy atom. The molecular formula is C23H24ClFN6O4. The molecule has 0 aromatic carbocycles. The summed E-state index contributed by atoms with van der Waals surface area (Å²) in [4.78, 5) is 53.3. The Kier molecular flexibility index (Phi) is 6.46. The third kappa shape index (κ3) is 4.31. The molecule has 1 saturated heterocycles. The van der Waals surface area contributed by atoms with Gasteiger partial charge in [0, 0.05) is 37.4 Å². The van der Waals surface area contributed by atoms with E-state index in [0.29, 0.717) is 5.69 Å². The van der Waals surface area contributed by atoms with E-state index in [1.165, 1.54) is 24.1 Å². The first-order valence-corrected chi connectivity index (χ1v) is 11.4. The van der Waals surface area contributed by atoms with Crippen LogP contribution >= 0.6 is 11.6 Å². The minimum Gasteiger partial charge on any atom is -0.465 e. The number of aromatic nitrogens is 4. The van der Waals surface area contributed by atoms with Gasteiger partial charge in [0.25, 0.3) is 0 Å². The van der Waals surface area contributed by atoms with Crippen LogP contribution in [-0.2, 0) is 0 Å². The van der Waals surface area contributed by atoms with E-state index in [9.17, 15) is 23.9 Å². The third-order valence-corrected chi connectivity index (χ3v) is 6.30. The number of carbonyl (C=O) groups excluding carboxylic acids is 1. The molecule has 35 heavy (non-hydrogen) atoms. The molecule has 3 aromatic heterocycles. The summed E-state index contributed by atoms with van der Waals surface area (Å²) in [6.07, 6.45) is 0.452. The maximum atomic E-state index is 14.6. The number of Topliss-reactive ketones (excluding diaryl/α,β-unsaturated/α-hetero) is 1. The van der Waals surface area contributed by atoms with Gasteiger partial charge in [0.15, 0.2) is 22.4 Å². The Hall–Kier alpha value is -3.60. The molecule has 4 heterocycles. The predicted octanol–water partition coefficient (Wildman–Crippen LogP) is 3.48. The van der Waals surface area contributed by atoms with Gasteiger partial charge in [-0.3, -0.25) is 9.78 Å². The molecule has 184 valence electrons. The van der Waals surface area contributed by atoms with Crippen LogP contribution in [0.3, 0.4) is 0 Å². The molecule has 1 fully saturated rings. The number of nitrogens with zero attached hydrogens (tertiary/aromatic N) is 6. The first-order chi connectivity index (χ1) is 16.5. The highest BCUT2D eigenvalue weighted by Gasteiger charge is 2.31. The third-order valence-electron chi connectivity index (χ3n) is 6.03. The Morgan fingerprint density at radius 2 is 1.97 bits per heavy atom. The zero-order valence-corrected chi connectivity index (χ0v) is 20.4. The summed E-state index contributed by atoms with van der Waals surface area (Å²) >= 11 is 6.03. The molecule has 0 radical (unpaired) electrons. The lowest BCUT2D eigenvalue weighted by molar-refractivity contribution is 0.101. The summed E-state index contributed by atoms with van der Waals surface area (Å²) in [6.45, 7) is 7.51. The molecule has 0 aliphatic carbocycles. The second kappa shape index (κ2) is 9.21. The van der Waals surface area contributed by atoms with Crippen LogP contribution in [0.1, 0.15) is 49.7 Å². The number of fused-ring (bicyclic) bond motifs is 1. The van der Waals surface area contributed by atoms with E-state index in [0.717, 1.165) is 10.6 Å². The number of piperazine rings is 1. The lowest BCUT2D eigenvalue weighted by Crippen LogP contribution is -2.54. The van der Waals surface area contributed by atoms with Crippen molar-refractivity contribution in [3.05, 3.63) is 51.0 Å². The quantitative estimate of drug-likeness (QED) is 0.425. The molecule has 1 N–H and O–H groups in total. The van der Waals surface area contributed by atoms with Crippen LogP contribution in [-0.4, -0.2) is 67.1 Å². The lowest BCUT2D eigenvalue weighted by atomic mass is 10.0. The van der Waals surface area contributed by atoms with Gasteiger partial charge in [0.2, 0.25) is 0 Å². The van der Waals surface area contributed by atoms with Crippen LogP contribution in [0.2, 0.25) is 5.15 Å². The van der Waals surface area contributed by atoms with Crippen LogP contribution in [0.15, 0.2) is 23.1 Å². The summed E-state index contributed by atoms with van der Waals surface area (Å²) in [5.74, 6) is -1.08. The summed E-state index contributed by atoms with van der Waals surface area (Å²) in [5.41, 5.74) is 0.223. The van der Waals surface area contributed by atoms with Gasteiger partial charge >= 0.3 is 11.8 Å². The summed E-state index contributed by atoms with van der Waals surface area (Å²) < 4.78 is 15.8. The molecule has 0 saturated carbocycles. The van der Waals surface area contributed by atoms with Crippen molar-refractivity contribution >= 4 is 40.3 Å². The number of anilines is 1. The zero-order valence-electron chi connectivity index (χ0n) is 19.6. The molecule has 12 heteroatoms. The van der Waals surface area contributed by atoms with Gasteiger partial charge in [0.05, 0.1) is 16.8 Å². The van der Waals surface area contributed by atoms with Crippen molar-refractivity contribution in [1.29, 1.82) is 0 Å². The fraction of sp³-hybridized carbons (Fsp3) is 0.391. The molecule has 0 spiro atoms. The van der Waals surface area contributed by atoms with Crippen molar-refractivity contribution in [3.63, 3.8) is 0 Å². The van der Waals surface area contributed by atoms with Gasteiger partial charge in [0.1, 0.15) is 5.82 Å². The topological polar surface area (TPSA) is 122 Å². The van der Waals surface area contributed by atoms with Crippen LogP contribution in [0.25, 0.3) is 16.7 Å². The zero-order chi connectivity index (χ0) is 25.6.